The zero-order valence-corrected chi connectivity index (χ0v) is 11.4. The minimum atomic E-state index is -0.103. The molecule has 0 aliphatic carbocycles. The summed E-state index contributed by atoms with van der Waals surface area (Å²) in [6.45, 7) is 0.595. The molecule has 0 aliphatic rings. The molecule has 6 heteroatoms. The number of thiocyanates is 1. The van der Waals surface area contributed by atoms with E-state index < -0.39 is 0 Å². The van der Waals surface area contributed by atoms with Crippen LogP contribution in [0.2, 0.25) is 5.02 Å². The Morgan fingerprint density at radius 2 is 2.12 bits per heavy atom. The monoisotopic (exact) mass is 286 g/mol. The molecule has 1 N–H and O–H groups in total. The Kier molecular flexibility index (Phi) is 6.94. The molecule has 0 aromatic heterocycles. The van der Waals surface area contributed by atoms with Crippen molar-refractivity contribution in [2.24, 2.45) is 0 Å². The number of hydrogen-bond acceptors (Lipinski definition) is 4. The number of amides is 1. The number of halogens is 1. The molecule has 0 unspecified atom stereocenters. The Labute approximate surface area is 114 Å². The smallest absolute Gasteiger partial charge is 0.231 e. The zero-order chi connectivity index (χ0) is 12.5. The third-order valence-electron chi connectivity index (χ3n) is 1.77. The number of nitriles is 1. The molecule has 0 aliphatic heterocycles. The Morgan fingerprint density at radius 3 is 2.76 bits per heavy atom. The molecule has 0 fully saturated rings. The molecule has 1 rings (SSSR count). The van der Waals surface area contributed by atoms with Crippen LogP contribution in [-0.4, -0.2) is 24.0 Å². The van der Waals surface area contributed by atoms with Gasteiger partial charge in [0.15, 0.2) is 0 Å². The molecule has 3 nitrogen and oxygen atoms in total. The van der Waals surface area contributed by atoms with Crippen molar-refractivity contribution in [3.63, 3.8) is 0 Å². The molecule has 0 heterocycles. The van der Waals surface area contributed by atoms with E-state index in [1.807, 2.05) is 29.7 Å². The second-order valence-corrected chi connectivity index (χ2v) is 5.40. The standard InChI is InChI=1S/C11H11ClN2OS2/c12-9-1-3-10(4-2-9)17-6-5-14-11(15)7-16-8-13/h1-4H,5-7H2,(H,14,15). The second-order valence-electron chi connectivity index (χ2n) is 3.03. The van der Waals surface area contributed by atoms with E-state index in [1.165, 1.54) is 0 Å². The van der Waals surface area contributed by atoms with Gasteiger partial charge < -0.3 is 5.32 Å². The van der Waals surface area contributed by atoms with Crippen LogP contribution in [-0.2, 0) is 4.79 Å². The van der Waals surface area contributed by atoms with Crippen LogP contribution in [0.1, 0.15) is 0 Å². The van der Waals surface area contributed by atoms with Crippen molar-refractivity contribution in [3.05, 3.63) is 29.3 Å². The summed E-state index contributed by atoms with van der Waals surface area (Å²) in [5, 5.41) is 13.6. The summed E-state index contributed by atoms with van der Waals surface area (Å²) in [4.78, 5) is 12.3. The molecule has 1 aromatic rings. The number of nitrogens with one attached hydrogen (secondary N) is 1. The summed E-state index contributed by atoms with van der Waals surface area (Å²) in [6, 6.07) is 7.57. The number of hydrogen-bond donors (Lipinski definition) is 1. The maximum absolute atomic E-state index is 11.1. The van der Waals surface area contributed by atoms with Crippen molar-refractivity contribution < 1.29 is 4.79 Å². The Morgan fingerprint density at radius 1 is 1.41 bits per heavy atom. The molecule has 0 saturated heterocycles. The number of carbonyl (C=O) groups is 1. The minimum absolute atomic E-state index is 0.103. The summed E-state index contributed by atoms with van der Waals surface area (Å²) in [6.07, 6.45) is 0. The highest BCUT2D eigenvalue weighted by Gasteiger charge is 2.00. The summed E-state index contributed by atoms with van der Waals surface area (Å²) < 4.78 is 0. The van der Waals surface area contributed by atoms with E-state index in [2.05, 4.69) is 5.32 Å². The van der Waals surface area contributed by atoms with Crippen LogP contribution < -0.4 is 5.32 Å². The lowest BCUT2D eigenvalue weighted by molar-refractivity contribution is -0.118. The first-order valence-electron chi connectivity index (χ1n) is 4.88. The fourth-order valence-corrected chi connectivity index (χ4v) is 2.23. The Hall–Kier alpha value is -0.830. The van der Waals surface area contributed by atoms with Gasteiger partial charge in [-0.3, -0.25) is 4.79 Å². The largest absolute Gasteiger partial charge is 0.355 e. The molecule has 1 aromatic carbocycles. The quantitative estimate of drug-likeness (QED) is 0.496. The molecule has 0 radical (unpaired) electrons. The van der Waals surface area contributed by atoms with Crippen LogP contribution in [0, 0.1) is 10.7 Å². The van der Waals surface area contributed by atoms with Gasteiger partial charge in [-0.15, -0.1) is 11.8 Å². The summed E-state index contributed by atoms with van der Waals surface area (Å²) in [7, 11) is 0. The molecule has 0 bridgehead atoms. The highest BCUT2D eigenvalue weighted by atomic mass is 35.5. The average Bonchev–Trinajstić information content (AvgIpc) is 2.34. The molecule has 0 saturated carbocycles. The van der Waals surface area contributed by atoms with E-state index in [0.717, 1.165) is 27.4 Å². The fourth-order valence-electron chi connectivity index (χ4n) is 1.04. The molecule has 90 valence electrons. The van der Waals surface area contributed by atoms with Crippen LogP contribution in [0.4, 0.5) is 0 Å². The first-order chi connectivity index (χ1) is 8.22. The van der Waals surface area contributed by atoms with Crippen LogP contribution in [0.5, 0.6) is 0 Å². The maximum Gasteiger partial charge on any atom is 0.231 e. The topological polar surface area (TPSA) is 52.9 Å². The van der Waals surface area contributed by atoms with Crippen LogP contribution in [0.15, 0.2) is 29.2 Å². The highest BCUT2D eigenvalue weighted by molar-refractivity contribution is 8.04. The van der Waals surface area contributed by atoms with Crippen molar-refractivity contribution in [1.29, 1.82) is 5.26 Å². The summed E-state index contributed by atoms with van der Waals surface area (Å²) in [5.41, 5.74) is 0. The Bertz CT molecular complexity index is 403. The van der Waals surface area contributed by atoms with Crippen molar-refractivity contribution in [3.8, 4) is 5.40 Å². The predicted molar refractivity (Wildman–Crippen MR) is 73.3 cm³/mol. The number of nitrogens with zero attached hydrogens (tertiary/aromatic N) is 1. The van der Waals surface area contributed by atoms with Gasteiger partial charge in [-0.2, -0.15) is 5.26 Å². The van der Waals surface area contributed by atoms with Gasteiger partial charge >= 0.3 is 0 Å². The molecule has 1 amide bonds. The van der Waals surface area contributed by atoms with Crippen LogP contribution in [0.25, 0.3) is 0 Å². The van der Waals surface area contributed by atoms with Gasteiger partial charge in [0.05, 0.1) is 5.75 Å². The van der Waals surface area contributed by atoms with Crippen LogP contribution in [0.3, 0.4) is 0 Å². The lowest BCUT2D eigenvalue weighted by Gasteiger charge is -2.03. The average molecular weight is 287 g/mol. The Balaban J connectivity index is 2.14. The first-order valence-corrected chi connectivity index (χ1v) is 7.23. The second kappa shape index (κ2) is 8.29. The van der Waals surface area contributed by atoms with Gasteiger partial charge in [-0.25, -0.2) is 0 Å². The van der Waals surface area contributed by atoms with E-state index in [1.54, 1.807) is 11.8 Å². The van der Waals surface area contributed by atoms with Gasteiger partial charge in [0.2, 0.25) is 5.91 Å². The van der Waals surface area contributed by atoms with E-state index >= 15 is 0 Å². The predicted octanol–water partition coefficient (Wildman–Crippen LogP) is 2.76. The van der Waals surface area contributed by atoms with Gasteiger partial charge in [-0.1, -0.05) is 11.6 Å². The van der Waals surface area contributed by atoms with E-state index in [-0.39, 0.29) is 11.7 Å². The third-order valence-corrected chi connectivity index (χ3v) is 3.58. The van der Waals surface area contributed by atoms with Gasteiger partial charge in [0.1, 0.15) is 5.40 Å². The zero-order valence-electron chi connectivity index (χ0n) is 8.98. The van der Waals surface area contributed by atoms with Crippen molar-refractivity contribution in [2.45, 2.75) is 4.90 Å². The number of benzene rings is 1. The first kappa shape index (κ1) is 14.2. The van der Waals surface area contributed by atoms with Crippen molar-refractivity contribution in [2.75, 3.05) is 18.1 Å². The lowest BCUT2D eigenvalue weighted by atomic mass is 10.4. The normalized spacial score (nSPS) is 9.65. The van der Waals surface area contributed by atoms with Crippen molar-refractivity contribution in [1.82, 2.24) is 5.32 Å². The van der Waals surface area contributed by atoms with E-state index in [4.69, 9.17) is 16.9 Å². The molecular formula is C11H11ClN2OS2. The molecule has 0 atom stereocenters. The number of carbonyl (C=O) groups excluding carboxylic acids is 1. The maximum atomic E-state index is 11.1. The lowest BCUT2D eigenvalue weighted by Crippen LogP contribution is -2.27. The van der Waals surface area contributed by atoms with Crippen LogP contribution >= 0.6 is 35.1 Å². The van der Waals surface area contributed by atoms with E-state index in [0.29, 0.717) is 6.54 Å². The third kappa shape index (κ3) is 6.47. The van der Waals surface area contributed by atoms with Gasteiger partial charge in [0, 0.05) is 22.2 Å². The van der Waals surface area contributed by atoms with E-state index in [9.17, 15) is 4.79 Å². The summed E-state index contributed by atoms with van der Waals surface area (Å²) >= 11 is 8.36. The highest BCUT2D eigenvalue weighted by Crippen LogP contribution is 2.19. The van der Waals surface area contributed by atoms with Crippen molar-refractivity contribution >= 4 is 41.0 Å². The number of rotatable bonds is 6. The molecule has 0 spiro atoms. The number of thioether (sulfide) groups is 2. The fraction of sp³-hybridized carbons (Fsp3) is 0.273. The molecule has 17 heavy (non-hydrogen) atoms. The summed E-state index contributed by atoms with van der Waals surface area (Å²) in [5.74, 6) is 0.889. The molecular weight excluding hydrogens is 276 g/mol. The van der Waals surface area contributed by atoms with Gasteiger partial charge in [-0.05, 0) is 36.0 Å². The SMILES string of the molecule is N#CSCC(=O)NCCSc1ccc(Cl)cc1. The minimum Gasteiger partial charge on any atom is -0.355 e. The van der Waals surface area contributed by atoms with Gasteiger partial charge in [0.25, 0.3) is 0 Å².